The van der Waals surface area contributed by atoms with Gasteiger partial charge in [-0.05, 0) is 21.1 Å². The van der Waals surface area contributed by atoms with Crippen LogP contribution < -0.4 is 28.5 Å². The van der Waals surface area contributed by atoms with Gasteiger partial charge < -0.3 is 21.9 Å². The molecule has 7 nitrogen and oxygen atoms in total. The Morgan fingerprint density at radius 3 is 1.71 bits per heavy atom. The summed E-state index contributed by atoms with van der Waals surface area (Å²) in [4.78, 5) is 10.3. The molecule has 0 radical (unpaired) electrons. The SMILES string of the molecule is CN.CN.CN.COC(=O)CCNN. The highest BCUT2D eigenvalue weighted by molar-refractivity contribution is 5.69. The molecule has 0 aromatic carbocycles. The van der Waals surface area contributed by atoms with E-state index in [9.17, 15) is 4.79 Å². The second-order valence-corrected chi connectivity index (χ2v) is 1.28. The number of ether oxygens (including phenoxy) is 1. The summed E-state index contributed by atoms with van der Waals surface area (Å²) in [5, 5.41) is 0. The highest BCUT2D eigenvalue weighted by Gasteiger charge is 1.95. The van der Waals surface area contributed by atoms with Gasteiger partial charge in [-0.2, -0.15) is 0 Å². The van der Waals surface area contributed by atoms with E-state index in [2.05, 4.69) is 27.4 Å². The maximum Gasteiger partial charge on any atom is 0.306 e. The van der Waals surface area contributed by atoms with E-state index in [1.54, 1.807) is 0 Å². The van der Waals surface area contributed by atoms with E-state index in [1.807, 2.05) is 0 Å². The second-order valence-electron chi connectivity index (χ2n) is 1.28. The number of hydrogen-bond acceptors (Lipinski definition) is 7. The lowest BCUT2D eigenvalue weighted by molar-refractivity contribution is -0.140. The summed E-state index contributed by atoms with van der Waals surface area (Å²) >= 11 is 0. The van der Waals surface area contributed by atoms with Crippen molar-refractivity contribution in [3.05, 3.63) is 0 Å². The molecule has 0 saturated heterocycles. The largest absolute Gasteiger partial charge is 0.469 e. The molecule has 0 aromatic rings. The molecular formula is C7H25N5O2. The maximum absolute atomic E-state index is 10.3. The van der Waals surface area contributed by atoms with Crippen LogP contribution >= 0.6 is 0 Å². The monoisotopic (exact) mass is 211 g/mol. The molecule has 0 amide bonds. The molecule has 0 spiro atoms. The van der Waals surface area contributed by atoms with Gasteiger partial charge in [-0.1, -0.05) is 0 Å². The average Bonchev–Trinajstić information content (AvgIpc) is 2.33. The zero-order valence-corrected chi connectivity index (χ0v) is 9.54. The summed E-state index contributed by atoms with van der Waals surface area (Å²) < 4.78 is 4.32. The third-order valence-electron chi connectivity index (χ3n) is 0.701. The topological polar surface area (TPSA) is 142 Å². The molecule has 0 fully saturated rings. The number of nitrogens with two attached hydrogens (primary N) is 4. The Kier molecular flexibility index (Phi) is 65.8. The van der Waals surface area contributed by atoms with Crippen LogP contribution in [0.1, 0.15) is 6.42 Å². The molecule has 0 aromatic heterocycles. The fourth-order valence-corrected chi connectivity index (χ4v) is 0.276. The van der Waals surface area contributed by atoms with Gasteiger partial charge in [-0.15, -0.1) is 0 Å². The summed E-state index contributed by atoms with van der Waals surface area (Å²) in [7, 11) is 5.85. The smallest absolute Gasteiger partial charge is 0.306 e. The number of methoxy groups -OCH3 is 1. The van der Waals surface area contributed by atoms with E-state index >= 15 is 0 Å². The summed E-state index contributed by atoms with van der Waals surface area (Å²) in [5.74, 6) is 4.63. The molecule has 14 heavy (non-hydrogen) atoms. The van der Waals surface area contributed by atoms with E-state index in [1.165, 1.54) is 28.3 Å². The number of nitrogens with one attached hydrogen (secondary N) is 1. The normalized spacial score (nSPS) is 6.29. The van der Waals surface area contributed by atoms with E-state index < -0.39 is 0 Å². The van der Waals surface area contributed by atoms with Crippen LogP contribution in [0.5, 0.6) is 0 Å². The highest BCUT2D eigenvalue weighted by atomic mass is 16.5. The molecule has 0 bridgehead atoms. The summed E-state index contributed by atoms with van der Waals surface area (Å²) in [5.41, 5.74) is 15.8. The average molecular weight is 211 g/mol. The van der Waals surface area contributed by atoms with Crippen molar-refractivity contribution in [2.75, 3.05) is 34.8 Å². The first kappa shape index (κ1) is 23.2. The third-order valence-corrected chi connectivity index (χ3v) is 0.701. The van der Waals surface area contributed by atoms with Crippen LogP contribution in [-0.2, 0) is 9.53 Å². The number of hydrazine groups is 1. The number of hydrogen-bond donors (Lipinski definition) is 5. The fraction of sp³-hybridized carbons (Fsp3) is 0.857. The van der Waals surface area contributed by atoms with Crippen LogP contribution in [-0.4, -0.2) is 40.8 Å². The number of esters is 1. The number of carbonyl (C=O) groups is 1. The minimum absolute atomic E-state index is 0.247. The molecule has 0 heterocycles. The maximum atomic E-state index is 10.3. The van der Waals surface area contributed by atoms with Crippen molar-refractivity contribution in [3.8, 4) is 0 Å². The van der Waals surface area contributed by atoms with E-state index in [4.69, 9.17) is 5.84 Å². The lowest BCUT2D eigenvalue weighted by Crippen LogP contribution is -2.25. The van der Waals surface area contributed by atoms with Gasteiger partial charge in [0.2, 0.25) is 0 Å². The molecule has 90 valence electrons. The lowest BCUT2D eigenvalue weighted by Gasteiger charge is -1.95. The van der Waals surface area contributed by atoms with Gasteiger partial charge >= 0.3 is 5.97 Å². The van der Waals surface area contributed by atoms with Crippen LogP contribution in [0.4, 0.5) is 0 Å². The van der Waals surface area contributed by atoms with Crippen LogP contribution in [0.15, 0.2) is 0 Å². The Morgan fingerprint density at radius 1 is 1.14 bits per heavy atom. The standard InChI is InChI=1S/C4H10N2O2.3CH5N/c1-8-4(7)2-3-6-5;3*1-2/h6H,2-3,5H2,1H3;3*2H2,1H3. The Hall–Kier alpha value is -0.730. The minimum Gasteiger partial charge on any atom is -0.469 e. The van der Waals surface area contributed by atoms with E-state index in [0.717, 1.165) is 0 Å². The molecule has 0 saturated carbocycles. The van der Waals surface area contributed by atoms with E-state index in [0.29, 0.717) is 13.0 Å². The van der Waals surface area contributed by atoms with Gasteiger partial charge in [0.05, 0.1) is 13.5 Å². The molecule has 0 rings (SSSR count). The predicted octanol–water partition coefficient (Wildman–Crippen LogP) is -2.26. The van der Waals surface area contributed by atoms with Crippen molar-refractivity contribution in [3.63, 3.8) is 0 Å². The zero-order valence-electron chi connectivity index (χ0n) is 9.54. The van der Waals surface area contributed by atoms with Crippen molar-refractivity contribution < 1.29 is 9.53 Å². The first-order valence-corrected chi connectivity index (χ1v) is 4.04. The van der Waals surface area contributed by atoms with Crippen molar-refractivity contribution in [2.45, 2.75) is 6.42 Å². The molecule has 9 N–H and O–H groups in total. The first-order valence-electron chi connectivity index (χ1n) is 4.04. The molecular weight excluding hydrogens is 186 g/mol. The van der Waals surface area contributed by atoms with Crippen molar-refractivity contribution in [1.29, 1.82) is 0 Å². The summed E-state index contributed by atoms with van der Waals surface area (Å²) in [6, 6.07) is 0. The van der Waals surface area contributed by atoms with Crippen LogP contribution in [0, 0.1) is 0 Å². The second kappa shape index (κ2) is 39.6. The third kappa shape index (κ3) is 42.8. The van der Waals surface area contributed by atoms with Gasteiger partial charge in [0, 0.05) is 6.54 Å². The molecule has 0 aliphatic rings. The number of carbonyl (C=O) groups excluding carboxylic acids is 1. The van der Waals surface area contributed by atoms with E-state index in [-0.39, 0.29) is 5.97 Å². The van der Waals surface area contributed by atoms with Crippen molar-refractivity contribution in [2.24, 2.45) is 23.0 Å². The quantitative estimate of drug-likeness (QED) is 0.201. The molecule has 0 unspecified atom stereocenters. The molecule has 7 heteroatoms. The van der Waals surface area contributed by atoms with Crippen LogP contribution in [0.3, 0.4) is 0 Å². The van der Waals surface area contributed by atoms with Crippen molar-refractivity contribution >= 4 is 5.97 Å². The number of rotatable bonds is 3. The lowest BCUT2D eigenvalue weighted by atomic mass is 10.4. The predicted molar refractivity (Wildman–Crippen MR) is 59.2 cm³/mol. The molecule has 0 aliphatic heterocycles. The zero-order chi connectivity index (χ0) is 12.4. The van der Waals surface area contributed by atoms with Gasteiger partial charge in [0.25, 0.3) is 0 Å². The fourth-order valence-electron chi connectivity index (χ4n) is 0.276. The highest BCUT2D eigenvalue weighted by Crippen LogP contribution is 1.77. The van der Waals surface area contributed by atoms with Crippen LogP contribution in [0.2, 0.25) is 0 Å². The van der Waals surface area contributed by atoms with Crippen LogP contribution in [0.25, 0.3) is 0 Å². The summed E-state index contributed by atoms with van der Waals surface area (Å²) in [6.07, 6.45) is 0.326. The first-order chi connectivity index (χ1) is 6.81. The summed E-state index contributed by atoms with van der Waals surface area (Å²) in [6.45, 7) is 0.465. The minimum atomic E-state index is -0.247. The Labute approximate surface area is 86.1 Å². The Bertz CT molecular complexity index is 82.5. The Morgan fingerprint density at radius 2 is 1.50 bits per heavy atom. The van der Waals surface area contributed by atoms with Gasteiger partial charge in [0.1, 0.15) is 0 Å². The molecule has 0 atom stereocenters. The van der Waals surface area contributed by atoms with Gasteiger partial charge in [0.15, 0.2) is 0 Å². The van der Waals surface area contributed by atoms with Gasteiger partial charge in [-0.3, -0.25) is 16.1 Å². The Balaban J connectivity index is -0.0000000708. The molecule has 0 aliphatic carbocycles. The van der Waals surface area contributed by atoms with Crippen molar-refractivity contribution in [1.82, 2.24) is 5.43 Å². The van der Waals surface area contributed by atoms with Gasteiger partial charge in [-0.25, -0.2) is 0 Å².